The molecule has 3 N–H and O–H groups in total. The summed E-state index contributed by atoms with van der Waals surface area (Å²) in [6, 6.07) is 0. The summed E-state index contributed by atoms with van der Waals surface area (Å²) in [7, 11) is 0. The van der Waals surface area contributed by atoms with Gasteiger partial charge in [-0.15, -0.1) is 10.2 Å². The van der Waals surface area contributed by atoms with Crippen LogP contribution in [-0.2, 0) is 4.74 Å². The molecule has 2 aliphatic rings. The lowest BCUT2D eigenvalue weighted by Gasteiger charge is -2.32. The summed E-state index contributed by atoms with van der Waals surface area (Å²) < 4.78 is 6.90. The van der Waals surface area contributed by atoms with Crippen molar-refractivity contribution < 1.29 is 4.74 Å². The Hall–Kier alpha value is -0.370. The molecule has 3 rings (SSSR count). The molecule has 1 spiro atoms. The minimum atomic E-state index is 0.359. The average molecular weight is 286 g/mol. The molecule has 0 radical (unpaired) electrons. The van der Waals surface area contributed by atoms with E-state index < -0.39 is 0 Å². The zero-order chi connectivity index (χ0) is 12.4. The summed E-state index contributed by atoms with van der Waals surface area (Å²) in [5.41, 5.74) is 6.01. The van der Waals surface area contributed by atoms with E-state index in [1.165, 1.54) is 30.6 Å². The van der Waals surface area contributed by atoms with Gasteiger partial charge in [-0.1, -0.05) is 23.1 Å². The molecule has 2 saturated heterocycles. The van der Waals surface area contributed by atoms with E-state index in [9.17, 15) is 0 Å². The van der Waals surface area contributed by atoms with Crippen LogP contribution in [0.3, 0.4) is 0 Å². The third-order valence-electron chi connectivity index (χ3n) is 3.76. The molecule has 1 atom stereocenters. The minimum Gasteiger partial charge on any atom is -0.377 e. The number of aromatic nitrogens is 2. The molecule has 3 heterocycles. The van der Waals surface area contributed by atoms with Gasteiger partial charge in [-0.3, -0.25) is 0 Å². The minimum absolute atomic E-state index is 0.359. The fraction of sp³-hybridized carbons (Fsp3) is 0.818. The topological polar surface area (TPSA) is 73.1 Å². The molecular weight excluding hydrogens is 268 g/mol. The van der Waals surface area contributed by atoms with Gasteiger partial charge in [0.15, 0.2) is 4.34 Å². The second-order valence-corrected chi connectivity index (χ2v) is 7.38. The first-order valence-corrected chi connectivity index (χ1v) is 8.10. The van der Waals surface area contributed by atoms with E-state index in [1.807, 2.05) is 0 Å². The highest BCUT2D eigenvalue weighted by atomic mass is 32.2. The number of hydrogen-bond acceptors (Lipinski definition) is 7. The van der Waals surface area contributed by atoms with Gasteiger partial charge in [-0.2, -0.15) is 0 Å². The summed E-state index contributed by atoms with van der Waals surface area (Å²) >= 11 is 3.16. The Morgan fingerprint density at radius 3 is 3.00 bits per heavy atom. The zero-order valence-electron chi connectivity index (χ0n) is 10.2. The van der Waals surface area contributed by atoms with Crippen molar-refractivity contribution in [2.75, 3.05) is 31.2 Å². The van der Waals surface area contributed by atoms with Gasteiger partial charge in [-0.25, -0.2) is 0 Å². The van der Waals surface area contributed by atoms with Crippen LogP contribution < -0.4 is 11.1 Å². The van der Waals surface area contributed by atoms with Crippen molar-refractivity contribution in [1.82, 2.24) is 15.5 Å². The molecule has 1 aromatic heterocycles. The molecule has 0 amide bonds. The highest BCUT2D eigenvalue weighted by Crippen LogP contribution is 2.41. The van der Waals surface area contributed by atoms with Crippen molar-refractivity contribution >= 4 is 28.2 Å². The third-order valence-corrected chi connectivity index (χ3v) is 5.78. The van der Waals surface area contributed by atoms with Gasteiger partial charge in [0.1, 0.15) is 0 Å². The zero-order valence-corrected chi connectivity index (χ0v) is 11.9. The van der Waals surface area contributed by atoms with E-state index >= 15 is 0 Å². The second kappa shape index (κ2) is 5.32. The predicted octanol–water partition coefficient (Wildman–Crippen LogP) is 1.37. The fourth-order valence-electron chi connectivity index (χ4n) is 2.75. The maximum Gasteiger partial charge on any atom is 0.203 e. The number of anilines is 1. The lowest BCUT2D eigenvalue weighted by molar-refractivity contribution is 0.0972. The Morgan fingerprint density at radius 2 is 2.28 bits per heavy atom. The molecule has 0 aliphatic carbocycles. The number of hydrogen-bond donors (Lipinski definition) is 2. The number of rotatable bonds is 3. The van der Waals surface area contributed by atoms with E-state index in [-0.39, 0.29) is 0 Å². The van der Waals surface area contributed by atoms with Crippen LogP contribution in [0, 0.1) is 5.41 Å². The molecule has 18 heavy (non-hydrogen) atoms. The lowest BCUT2D eigenvalue weighted by Crippen LogP contribution is -2.37. The van der Waals surface area contributed by atoms with Gasteiger partial charge in [0, 0.05) is 5.75 Å². The van der Waals surface area contributed by atoms with Gasteiger partial charge in [-0.05, 0) is 37.8 Å². The van der Waals surface area contributed by atoms with Crippen LogP contribution in [-0.4, -0.2) is 41.8 Å². The maximum absolute atomic E-state index is 5.95. The Morgan fingerprint density at radius 1 is 1.44 bits per heavy atom. The van der Waals surface area contributed by atoms with Crippen molar-refractivity contribution in [2.24, 2.45) is 5.41 Å². The summed E-state index contributed by atoms with van der Waals surface area (Å²) in [6.45, 7) is 3.20. The molecule has 2 fully saturated rings. The third kappa shape index (κ3) is 2.79. The number of nitrogens with two attached hydrogens (primary N) is 1. The van der Waals surface area contributed by atoms with Crippen LogP contribution in [0.25, 0.3) is 0 Å². The lowest BCUT2D eigenvalue weighted by atomic mass is 9.77. The summed E-state index contributed by atoms with van der Waals surface area (Å²) in [6.07, 6.45) is 4.05. The van der Waals surface area contributed by atoms with E-state index in [0.717, 1.165) is 29.8 Å². The fourth-order valence-corrected chi connectivity index (χ4v) is 4.43. The van der Waals surface area contributed by atoms with Crippen LogP contribution in [0.15, 0.2) is 4.34 Å². The monoisotopic (exact) mass is 286 g/mol. The Bertz CT molecular complexity index is 406. The van der Waals surface area contributed by atoms with E-state index in [2.05, 4.69) is 15.5 Å². The van der Waals surface area contributed by atoms with Gasteiger partial charge < -0.3 is 15.8 Å². The molecule has 0 bridgehead atoms. The van der Waals surface area contributed by atoms with Crippen LogP contribution in [0.4, 0.5) is 5.13 Å². The molecule has 0 saturated carbocycles. The highest BCUT2D eigenvalue weighted by molar-refractivity contribution is 8.01. The molecule has 5 nitrogen and oxygen atoms in total. The van der Waals surface area contributed by atoms with Crippen LogP contribution in [0.5, 0.6) is 0 Å². The number of nitrogen functional groups attached to an aromatic ring is 1. The Kier molecular flexibility index (Phi) is 3.74. The van der Waals surface area contributed by atoms with Crippen molar-refractivity contribution in [3.63, 3.8) is 0 Å². The van der Waals surface area contributed by atoms with Crippen molar-refractivity contribution in [3.8, 4) is 0 Å². The number of nitrogens with zero attached hydrogens (tertiary/aromatic N) is 2. The van der Waals surface area contributed by atoms with Crippen molar-refractivity contribution in [2.45, 2.75) is 29.7 Å². The van der Waals surface area contributed by atoms with Crippen molar-refractivity contribution in [3.05, 3.63) is 0 Å². The van der Waals surface area contributed by atoms with E-state index in [0.29, 0.717) is 16.7 Å². The SMILES string of the molecule is Nc1nnc(SCC2CC3(CCNCC3)CO2)s1. The number of nitrogens with one attached hydrogen (secondary N) is 1. The van der Waals surface area contributed by atoms with E-state index in [4.69, 9.17) is 10.5 Å². The van der Waals surface area contributed by atoms with Crippen LogP contribution >= 0.6 is 23.1 Å². The van der Waals surface area contributed by atoms with Gasteiger partial charge >= 0.3 is 0 Å². The van der Waals surface area contributed by atoms with Crippen LogP contribution in [0.1, 0.15) is 19.3 Å². The maximum atomic E-state index is 5.95. The Labute approximate surface area is 115 Å². The molecule has 7 heteroatoms. The molecular formula is C11H18N4OS2. The van der Waals surface area contributed by atoms with Crippen molar-refractivity contribution in [1.29, 1.82) is 0 Å². The smallest absolute Gasteiger partial charge is 0.203 e. The van der Waals surface area contributed by atoms with Gasteiger partial charge in [0.2, 0.25) is 5.13 Å². The van der Waals surface area contributed by atoms with Gasteiger partial charge in [0.05, 0.1) is 12.7 Å². The largest absolute Gasteiger partial charge is 0.377 e. The number of piperidine rings is 1. The van der Waals surface area contributed by atoms with E-state index in [1.54, 1.807) is 11.8 Å². The first-order valence-electron chi connectivity index (χ1n) is 6.30. The Balaban J connectivity index is 1.50. The van der Waals surface area contributed by atoms with Gasteiger partial charge in [0.25, 0.3) is 0 Å². The predicted molar refractivity (Wildman–Crippen MR) is 73.9 cm³/mol. The molecule has 100 valence electrons. The first-order chi connectivity index (χ1) is 8.76. The molecule has 2 aliphatic heterocycles. The highest BCUT2D eigenvalue weighted by Gasteiger charge is 2.40. The molecule has 0 aromatic carbocycles. The van der Waals surface area contributed by atoms with Crippen LogP contribution in [0.2, 0.25) is 0 Å². The number of ether oxygens (including phenoxy) is 1. The second-order valence-electron chi connectivity index (χ2n) is 5.10. The summed E-state index contributed by atoms with van der Waals surface area (Å²) in [4.78, 5) is 0. The summed E-state index contributed by atoms with van der Waals surface area (Å²) in [5.74, 6) is 0.962. The standard InChI is InChI=1S/C11H18N4OS2/c12-9-14-15-10(18-9)17-6-8-5-11(7-16-8)1-3-13-4-2-11/h8,13H,1-7H2,(H2,12,14). The number of thioether (sulfide) groups is 1. The first kappa shape index (κ1) is 12.7. The quantitative estimate of drug-likeness (QED) is 0.818. The normalized spacial score (nSPS) is 26.8. The molecule has 1 unspecified atom stereocenters. The average Bonchev–Trinajstić information content (AvgIpc) is 2.96. The summed E-state index contributed by atoms with van der Waals surface area (Å²) in [5, 5.41) is 11.8. The molecule has 1 aromatic rings.